The molecule has 2 rings (SSSR count). The van der Waals surface area contributed by atoms with Crippen molar-refractivity contribution in [1.29, 1.82) is 0 Å². The van der Waals surface area contributed by atoms with Gasteiger partial charge in [-0.25, -0.2) is 9.97 Å². The van der Waals surface area contributed by atoms with Crippen molar-refractivity contribution >= 4 is 17.7 Å². The monoisotopic (exact) mass is 239 g/mol. The highest BCUT2D eigenvalue weighted by molar-refractivity contribution is 7.98. The van der Waals surface area contributed by atoms with Gasteiger partial charge in [0.05, 0.1) is 6.10 Å². The van der Waals surface area contributed by atoms with Crippen LogP contribution in [0.25, 0.3) is 0 Å². The Morgan fingerprint density at radius 2 is 2.31 bits per heavy atom. The Morgan fingerprint density at radius 3 is 2.94 bits per heavy atom. The largest absolute Gasteiger partial charge is 0.380 e. The molecular formula is C11H17N3OS. The standard InChI is InChI=1S/C11H17N3OS/c1-8-6-10(16-3)13-11(12-8)14-5-4-9(7-14)15-2/h6,9H,4-5,7H2,1-3H3/t9-/m0/s1. The predicted molar refractivity (Wildman–Crippen MR) is 66.2 cm³/mol. The number of aromatic nitrogens is 2. The van der Waals surface area contributed by atoms with Crippen molar-refractivity contribution < 1.29 is 4.74 Å². The molecule has 4 nitrogen and oxygen atoms in total. The van der Waals surface area contributed by atoms with Gasteiger partial charge in [0.1, 0.15) is 5.03 Å². The summed E-state index contributed by atoms with van der Waals surface area (Å²) in [6, 6.07) is 2.01. The number of hydrogen-bond acceptors (Lipinski definition) is 5. The summed E-state index contributed by atoms with van der Waals surface area (Å²) in [4.78, 5) is 11.2. The van der Waals surface area contributed by atoms with Gasteiger partial charge < -0.3 is 9.64 Å². The zero-order valence-electron chi connectivity index (χ0n) is 9.93. The number of aryl methyl sites for hydroxylation is 1. The van der Waals surface area contributed by atoms with E-state index in [2.05, 4.69) is 14.9 Å². The van der Waals surface area contributed by atoms with Gasteiger partial charge in [-0.3, -0.25) is 0 Å². The molecule has 0 radical (unpaired) electrons. The number of thioether (sulfide) groups is 1. The smallest absolute Gasteiger partial charge is 0.226 e. The van der Waals surface area contributed by atoms with Gasteiger partial charge in [-0.15, -0.1) is 11.8 Å². The highest BCUT2D eigenvalue weighted by atomic mass is 32.2. The Balaban J connectivity index is 2.17. The van der Waals surface area contributed by atoms with E-state index >= 15 is 0 Å². The predicted octanol–water partition coefficient (Wildman–Crippen LogP) is 1.73. The first kappa shape index (κ1) is 11.7. The molecule has 1 aliphatic heterocycles. The molecule has 0 amide bonds. The third kappa shape index (κ3) is 2.47. The summed E-state index contributed by atoms with van der Waals surface area (Å²) in [7, 11) is 1.76. The minimum absolute atomic E-state index is 0.321. The van der Waals surface area contributed by atoms with Gasteiger partial charge in [0.2, 0.25) is 5.95 Å². The summed E-state index contributed by atoms with van der Waals surface area (Å²) >= 11 is 1.65. The van der Waals surface area contributed by atoms with Crippen LogP contribution in [-0.2, 0) is 4.74 Å². The topological polar surface area (TPSA) is 38.2 Å². The molecule has 0 spiro atoms. The number of nitrogens with zero attached hydrogens (tertiary/aromatic N) is 3. The molecule has 0 aliphatic carbocycles. The summed E-state index contributed by atoms with van der Waals surface area (Å²) in [5.41, 5.74) is 1.02. The van der Waals surface area contributed by atoms with E-state index in [0.29, 0.717) is 6.10 Å². The van der Waals surface area contributed by atoms with Crippen molar-refractivity contribution in [3.05, 3.63) is 11.8 Å². The molecule has 1 aromatic heterocycles. The molecule has 16 heavy (non-hydrogen) atoms. The van der Waals surface area contributed by atoms with Crippen LogP contribution in [0.5, 0.6) is 0 Å². The molecule has 2 heterocycles. The lowest BCUT2D eigenvalue weighted by Crippen LogP contribution is -2.24. The number of ether oxygens (including phenoxy) is 1. The quantitative estimate of drug-likeness (QED) is 0.593. The zero-order chi connectivity index (χ0) is 11.5. The maximum absolute atomic E-state index is 5.35. The Labute approximate surface area is 100 Å². The maximum atomic E-state index is 5.35. The third-order valence-electron chi connectivity index (χ3n) is 2.79. The van der Waals surface area contributed by atoms with Crippen molar-refractivity contribution in [2.45, 2.75) is 24.5 Å². The SMILES string of the molecule is CO[C@H]1CCN(c2nc(C)cc(SC)n2)C1. The van der Waals surface area contributed by atoms with Gasteiger partial charge in [-0.2, -0.15) is 0 Å². The molecule has 1 fully saturated rings. The lowest BCUT2D eigenvalue weighted by atomic mass is 10.3. The van der Waals surface area contributed by atoms with Crippen LogP contribution < -0.4 is 4.90 Å². The molecule has 0 unspecified atom stereocenters. The third-order valence-corrected chi connectivity index (χ3v) is 3.42. The summed E-state index contributed by atoms with van der Waals surface area (Å²) in [6.45, 7) is 3.89. The Bertz CT molecular complexity index is 372. The lowest BCUT2D eigenvalue weighted by Gasteiger charge is -2.16. The first-order chi connectivity index (χ1) is 7.72. The molecule has 1 aliphatic rings. The van der Waals surface area contributed by atoms with E-state index < -0.39 is 0 Å². The van der Waals surface area contributed by atoms with E-state index in [1.807, 2.05) is 19.2 Å². The molecule has 0 bridgehead atoms. The normalized spacial score (nSPS) is 20.4. The Kier molecular flexibility index (Phi) is 3.66. The van der Waals surface area contributed by atoms with Crippen LogP contribution in [0, 0.1) is 6.92 Å². The highest BCUT2D eigenvalue weighted by Gasteiger charge is 2.24. The first-order valence-corrected chi connectivity index (χ1v) is 6.63. The van der Waals surface area contributed by atoms with Crippen molar-refractivity contribution in [2.24, 2.45) is 0 Å². The van der Waals surface area contributed by atoms with Crippen molar-refractivity contribution in [3.8, 4) is 0 Å². The molecule has 0 aromatic carbocycles. The van der Waals surface area contributed by atoms with E-state index in [0.717, 1.165) is 36.2 Å². The molecule has 0 saturated carbocycles. The highest BCUT2D eigenvalue weighted by Crippen LogP contribution is 2.21. The fraction of sp³-hybridized carbons (Fsp3) is 0.636. The number of hydrogen-bond donors (Lipinski definition) is 0. The van der Waals surface area contributed by atoms with Crippen molar-refractivity contribution in [3.63, 3.8) is 0 Å². The van der Waals surface area contributed by atoms with Gasteiger partial charge in [-0.1, -0.05) is 0 Å². The van der Waals surface area contributed by atoms with Crippen molar-refractivity contribution in [1.82, 2.24) is 9.97 Å². The van der Waals surface area contributed by atoms with E-state index in [-0.39, 0.29) is 0 Å². The van der Waals surface area contributed by atoms with Crippen LogP contribution in [0.1, 0.15) is 12.1 Å². The van der Waals surface area contributed by atoms with E-state index in [4.69, 9.17) is 4.74 Å². The molecule has 0 N–H and O–H groups in total. The second-order valence-corrected chi connectivity index (χ2v) is 4.77. The summed E-state index contributed by atoms with van der Waals surface area (Å²) in [6.07, 6.45) is 3.41. The molecular weight excluding hydrogens is 222 g/mol. The molecule has 88 valence electrons. The van der Waals surface area contributed by atoms with E-state index in [9.17, 15) is 0 Å². The summed E-state index contributed by atoms with van der Waals surface area (Å²) in [5.74, 6) is 0.837. The van der Waals surface area contributed by atoms with Crippen LogP contribution in [0.3, 0.4) is 0 Å². The molecule has 1 atom stereocenters. The fourth-order valence-electron chi connectivity index (χ4n) is 1.87. The zero-order valence-corrected chi connectivity index (χ0v) is 10.8. The second kappa shape index (κ2) is 5.01. The average Bonchev–Trinajstić information content (AvgIpc) is 2.76. The molecule has 1 aromatic rings. The van der Waals surface area contributed by atoms with Crippen LogP contribution >= 0.6 is 11.8 Å². The van der Waals surface area contributed by atoms with Gasteiger partial charge in [-0.05, 0) is 25.7 Å². The van der Waals surface area contributed by atoms with E-state index in [1.165, 1.54) is 0 Å². The van der Waals surface area contributed by atoms with Gasteiger partial charge in [0.15, 0.2) is 0 Å². The molecule has 1 saturated heterocycles. The van der Waals surface area contributed by atoms with Crippen LogP contribution in [-0.4, -0.2) is 42.5 Å². The average molecular weight is 239 g/mol. The van der Waals surface area contributed by atoms with Crippen molar-refractivity contribution in [2.75, 3.05) is 31.4 Å². The van der Waals surface area contributed by atoms with Gasteiger partial charge in [0, 0.05) is 25.9 Å². The van der Waals surface area contributed by atoms with Gasteiger partial charge in [0.25, 0.3) is 0 Å². The Morgan fingerprint density at radius 1 is 1.50 bits per heavy atom. The fourth-order valence-corrected chi connectivity index (χ4v) is 2.33. The van der Waals surface area contributed by atoms with Crippen LogP contribution in [0.2, 0.25) is 0 Å². The lowest BCUT2D eigenvalue weighted by molar-refractivity contribution is 0.121. The van der Waals surface area contributed by atoms with Crippen LogP contribution in [0.4, 0.5) is 5.95 Å². The first-order valence-electron chi connectivity index (χ1n) is 5.40. The number of methoxy groups -OCH3 is 1. The maximum Gasteiger partial charge on any atom is 0.226 e. The second-order valence-electron chi connectivity index (χ2n) is 3.94. The van der Waals surface area contributed by atoms with E-state index in [1.54, 1.807) is 18.9 Å². The number of rotatable bonds is 3. The minimum Gasteiger partial charge on any atom is -0.380 e. The summed E-state index contributed by atoms with van der Waals surface area (Å²) in [5, 5.41) is 1.03. The minimum atomic E-state index is 0.321. The van der Waals surface area contributed by atoms with Crippen LogP contribution in [0.15, 0.2) is 11.1 Å². The Hall–Kier alpha value is -0.810. The summed E-state index contributed by atoms with van der Waals surface area (Å²) < 4.78 is 5.35. The van der Waals surface area contributed by atoms with Gasteiger partial charge >= 0.3 is 0 Å². The number of anilines is 1. The molecule has 5 heteroatoms.